The Hall–Kier alpha value is -0.860. The summed E-state index contributed by atoms with van der Waals surface area (Å²) in [4.78, 5) is 2.53. The summed E-state index contributed by atoms with van der Waals surface area (Å²) in [6.07, 6.45) is 0. The second kappa shape index (κ2) is 7.80. The lowest BCUT2D eigenvalue weighted by atomic mass is 10.0. The molecule has 2 heteroatoms. The maximum Gasteiger partial charge on any atom is 0.0208 e. The van der Waals surface area contributed by atoms with Crippen molar-refractivity contribution < 1.29 is 0 Å². The summed E-state index contributed by atoms with van der Waals surface area (Å²) in [5, 5.41) is 3.59. The van der Waals surface area contributed by atoms with Crippen LogP contribution in [0, 0.1) is 20.8 Å². The highest BCUT2D eigenvalue weighted by atomic mass is 15.2. The zero-order valence-corrected chi connectivity index (χ0v) is 14.4. The maximum atomic E-state index is 3.59. The molecule has 1 rings (SSSR count). The van der Waals surface area contributed by atoms with E-state index in [2.05, 4.69) is 70.8 Å². The van der Waals surface area contributed by atoms with Crippen LogP contribution in [0.15, 0.2) is 12.1 Å². The van der Waals surface area contributed by atoms with Gasteiger partial charge >= 0.3 is 0 Å². The van der Waals surface area contributed by atoms with E-state index >= 15 is 0 Å². The third kappa shape index (κ3) is 4.92. The third-order valence-electron chi connectivity index (χ3n) is 4.14. The molecule has 0 bridgehead atoms. The Bertz CT molecular complexity index is 414. The van der Waals surface area contributed by atoms with Crippen LogP contribution in [0.4, 0.5) is 0 Å². The zero-order valence-electron chi connectivity index (χ0n) is 14.4. The SMILES string of the molecule is Cc1cc(C)c(CNCCN(C(C)C)C(C)C)cc1C. The Balaban J connectivity index is 2.47. The fourth-order valence-electron chi connectivity index (χ4n) is 2.75. The lowest BCUT2D eigenvalue weighted by Gasteiger charge is -2.30. The van der Waals surface area contributed by atoms with E-state index in [1.54, 1.807) is 0 Å². The van der Waals surface area contributed by atoms with Crippen LogP contribution in [-0.2, 0) is 6.54 Å². The largest absolute Gasteiger partial charge is 0.311 e. The molecule has 0 aliphatic carbocycles. The lowest BCUT2D eigenvalue weighted by molar-refractivity contribution is 0.176. The normalized spacial score (nSPS) is 11.9. The summed E-state index contributed by atoms with van der Waals surface area (Å²) in [5.41, 5.74) is 5.59. The summed E-state index contributed by atoms with van der Waals surface area (Å²) in [7, 11) is 0. The summed E-state index contributed by atoms with van der Waals surface area (Å²) < 4.78 is 0. The predicted octanol–water partition coefficient (Wildman–Crippen LogP) is 3.82. The summed E-state index contributed by atoms with van der Waals surface area (Å²) in [5.74, 6) is 0. The van der Waals surface area contributed by atoms with Crippen molar-refractivity contribution in [3.05, 3.63) is 34.4 Å². The number of nitrogens with zero attached hydrogens (tertiary/aromatic N) is 1. The molecule has 0 atom stereocenters. The average Bonchev–Trinajstić information content (AvgIpc) is 2.34. The van der Waals surface area contributed by atoms with Crippen LogP contribution in [0.3, 0.4) is 0 Å². The lowest BCUT2D eigenvalue weighted by Crippen LogP contribution is -2.41. The van der Waals surface area contributed by atoms with Crippen LogP contribution < -0.4 is 5.32 Å². The van der Waals surface area contributed by atoms with Gasteiger partial charge in [-0.2, -0.15) is 0 Å². The van der Waals surface area contributed by atoms with Gasteiger partial charge in [0.2, 0.25) is 0 Å². The van der Waals surface area contributed by atoms with E-state index < -0.39 is 0 Å². The molecule has 0 aliphatic heterocycles. The fraction of sp³-hybridized carbons (Fsp3) is 0.667. The van der Waals surface area contributed by atoms with Crippen LogP contribution in [0.2, 0.25) is 0 Å². The predicted molar refractivity (Wildman–Crippen MR) is 89.3 cm³/mol. The highest BCUT2D eigenvalue weighted by Crippen LogP contribution is 2.15. The minimum atomic E-state index is 0.611. The Morgan fingerprint density at radius 2 is 1.45 bits per heavy atom. The van der Waals surface area contributed by atoms with Gasteiger partial charge in [0, 0.05) is 31.7 Å². The second-order valence-corrected chi connectivity index (χ2v) is 6.47. The van der Waals surface area contributed by atoms with Gasteiger partial charge in [0.05, 0.1) is 0 Å². The van der Waals surface area contributed by atoms with Crippen molar-refractivity contribution >= 4 is 0 Å². The van der Waals surface area contributed by atoms with Crippen molar-refractivity contribution in [3.8, 4) is 0 Å². The van der Waals surface area contributed by atoms with Gasteiger partial charge in [-0.25, -0.2) is 0 Å². The number of hydrogen-bond acceptors (Lipinski definition) is 2. The first-order valence-electron chi connectivity index (χ1n) is 7.86. The molecule has 0 amide bonds. The number of nitrogens with one attached hydrogen (secondary N) is 1. The number of benzene rings is 1. The second-order valence-electron chi connectivity index (χ2n) is 6.47. The van der Waals surface area contributed by atoms with Gasteiger partial charge in [-0.05, 0) is 70.7 Å². The van der Waals surface area contributed by atoms with E-state index in [0.29, 0.717) is 12.1 Å². The molecule has 0 saturated carbocycles. The van der Waals surface area contributed by atoms with Crippen molar-refractivity contribution in [1.82, 2.24) is 10.2 Å². The molecule has 0 aliphatic rings. The van der Waals surface area contributed by atoms with E-state index in [9.17, 15) is 0 Å². The molecule has 114 valence electrons. The Morgan fingerprint density at radius 1 is 0.900 bits per heavy atom. The smallest absolute Gasteiger partial charge is 0.0208 e. The molecule has 1 N–H and O–H groups in total. The Morgan fingerprint density at radius 3 is 2.00 bits per heavy atom. The summed E-state index contributed by atoms with van der Waals surface area (Å²) >= 11 is 0. The Kier molecular flexibility index (Phi) is 6.70. The van der Waals surface area contributed by atoms with Crippen molar-refractivity contribution in [2.24, 2.45) is 0 Å². The van der Waals surface area contributed by atoms with E-state index in [1.165, 1.54) is 22.3 Å². The number of hydrogen-bond donors (Lipinski definition) is 1. The molecule has 0 heterocycles. The average molecular weight is 276 g/mol. The van der Waals surface area contributed by atoms with Gasteiger partial charge in [-0.1, -0.05) is 12.1 Å². The van der Waals surface area contributed by atoms with Gasteiger partial charge in [0.1, 0.15) is 0 Å². The van der Waals surface area contributed by atoms with E-state index in [1.807, 2.05) is 0 Å². The van der Waals surface area contributed by atoms with Gasteiger partial charge in [-0.15, -0.1) is 0 Å². The van der Waals surface area contributed by atoms with Crippen LogP contribution >= 0.6 is 0 Å². The topological polar surface area (TPSA) is 15.3 Å². The molecular weight excluding hydrogens is 244 g/mol. The van der Waals surface area contributed by atoms with Gasteiger partial charge < -0.3 is 5.32 Å². The number of aryl methyl sites for hydroxylation is 3. The van der Waals surface area contributed by atoms with Crippen molar-refractivity contribution in [2.45, 2.75) is 67.1 Å². The van der Waals surface area contributed by atoms with Crippen molar-refractivity contribution in [3.63, 3.8) is 0 Å². The van der Waals surface area contributed by atoms with E-state index in [-0.39, 0.29) is 0 Å². The standard InChI is InChI=1S/C18H32N2/c1-13(2)20(14(3)4)9-8-19-12-18-11-16(6)15(5)10-17(18)7/h10-11,13-14,19H,8-9,12H2,1-7H3. The maximum absolute atomic E-state index is 3.59. The first kappa shape index (κ1) is 17.2. The number of rotatable bonds is 7. The molecular formula is C18H32N2. The van der Waals surface area contributed by atoms with E-state index in [4.69, 9.17) is 0 Å². The zero-order chi connectivity index (χ0) is 15.3. The van der Waals surface area contributed by atoms with Gasteiger partial charge in [0.15, 0.2) is 0 Å². The minimum absolute atomic E-state index is 0.611. The molecule has 2 nitrogen and oxygen atoms in total. The molecule has 20 heavy (non-hydrogen) atoms. The van der Waals surface area contributed by atoms with Crippen LogP contribution in [0.25, 0.3) is 0 Å². The highest BCUT2D eigenvalue weighted by Gasteiger charge is 2.12. The van der Waals surface area contributed by atoms with E-state index in [0.717, 1.165) is 19.6 Å². The van der Waals surface area contributed by atoms with Crippen LogP contribution in [-0.4, -0.2) is 30.1 Å². The first-order chi connectivity index (χ1) is 9.32. The minimum Gasteiger partial charge on any atom is -0.311 e. The molecule has 0 aromatic heterocycles. The van der Waals surface area contributed by atoms with Crippen molar-refractivity contribution in [2.75, 3.05) is 13.1 Å². The third-order valence-corrected chi connectivity index (χ3v) is 4.14. The Labute approximate surface area is 125 Å². The molecule has 0 saturated heterocycles. The van der Waals surface area contributed by atoms with Crippen LogP contribution in [0.5, 0.6) is 0 Å². The molecule has 0 spiro atoms. The molecule has 0 unspecified atom stereocenters. The molecule has 1 aromatic rings. The summed E-state index contributed by atoms with van der Waals surface area (Å²) in [6.45, 7) is 18.8. The van der Waals surface area contributed by atoms with Crippen molar-refractivity contribution in [1.29, 1.82) is 0 Å². The fourth-order valence-corrected chi connectivity index (χ4v) is 2.75. The monoisotopic (exact) mass is 276 g/mol. The summed E-state index contributed by atoms with van der Waals surface area (Å²) in [6, 6.07) is 5.83. The quantitative estimate of drug-likeness (QED) is 0.762. The highest BCUT2D eigenvalue weighted by molar-refractivity contribution is 5.36. The molecule has 1 aromatic carbocycles. The van der Waals surface area contributed by atoms with Gasteiger partial charge in [0.25, 0.3) is 0 Å². The molecule has 0 fully saturated rings. The first-order valence-corrected chi connectivity index (χ1v) is 7.86. The van der Waals surface area contributed by atoms with Crippen LogP contribution in [0.1, 0.15) is 49.9 Å². The molecule has 0 radical (unpaired) electrons. The van der Waals surface area contributed by atoms with Gasteiger partial charge in [-0.3, -0.25) is 4.90 Å².